The highest BCUT2D eigenvalue weighted by atomic mass is 16.6. The summed E-state index contributed by atoms with van der Waals surface area (Å²) in [5.41, 5.74) is 0.985. The molecule has 4 heteroatoms. The van der Waals surface area contributed by atoms with Crippen molar-refractivity contribution in [3.05, 3.63) is 29.8 Å². The summed E-state index contributed by atoms with van der Waals surface area (Å²) in [5.74, 6) is 0. The number of para-hydroxylation sites is 1. The topological polar surface area (TPSA) is 49.8 Å². The number of rotatable bonds is 0. The van der Waals surface area contributed by atoms with Crippen molar-refractivity contribution in [2.24, 2.45) is 0 Å². The van der Waals surface area contributed by atoms with Crippen molar-refractivity contribution in [3.8, 4) is 0 Å². The van der Waals surface area contributed by atoms with Crippen LogP contribution in [0.4, 0.5) is 10.5 Å². The molecule has 1 aromatic carbocycles. The molecule has 2 aliphatic rings. The molecule has 0 radical (unpaired) electrons. The maximum absolute atomic E-state index is 12.6. The van der Waals surface area contributed by atoms with Gasteiger partial charge in [-0.05, 0) is 45.2 Å². The number of fused-ring (bicyclic) bond motifs is 2. The molecule has 1 aliphatic heterocycles. The molecule has 1 spiro atoms. The van der Waals surface area contributed by atoms with Crippen LogP contribution < -0.4 is 4.90 Å². The second-order valence-corrected chi connectivity index (χ2v) is 7.46. The van der Waals surface area contributed by atoms with E-state index in [1.54, 1.807) is 0 Å². The van der Waals surface area contributed by atoms with E-state index in [9.17, 15) is 9.90 Å². The maximum Gasteiger partial charge on any atom is 0.416 e. The Morgan fingerprint density at radius 2 is 1.86 bits per heavy atom. The van der Waals surface area contributed by atoms with Crippen LogP contribution in [0.5, 0.6) is 0 Å². The summed E-state index contributed by atoms with van der Waals surface area (Å²) in [6.07, 6.45) is 3.93. The first-order valence-corrected chi connectivity index (χ1v) is 8.15. The predicted molar refractivity (Wildman–Crippen MR) is 85.9 cm³/mol. The Balaban J connectivity index is 2.01. The molecule has 3 rings (SSSR count). The predicted octanol–water partition coefficient (Wildman–Crippen LogP) is 3.96. The van der Waals surface area contributed by atoms with Crippen molar-refractivity contribution < 1.29 is 14.6 Å². The van der Waals surface area contributed by atoms with E-state index in [-0.39, 0.29) is 5.41 Å². The molecule has 0 saturated heterocycles. The molecule has 120 valence electrons. The molecule has 1 aromatic rings. The molecule has 1 saturated carbocycles. The Morgan fingerprint density at radius 1 is 1.23 bits per heavy atom. The molecular weight excluding hydrogens is 278 g/mol. The number of amides is 1. The van der Waals surface area contributed by atoms with Gasteiger partial charge in [-0.25, -0.2) is 4.79 Å². The van der Waals surface area contributed by atoms with Crippen molar-refractivity contribution in [3.63, 3.8) is 0 Å². The average Bonchev–Trinajstić information content (AvgIpc) is 2.68. The molecule has 0 bridgehead atoms. The van der Waals surface area contributed by atoms with Gasteiger partial charge in [0.1, 0.15) is 11.8 Å². The number of hydrogen-bond donors (Lipinski definition) is 1. The second-order valence-electron chi connectivity index (χ2n) is 7.46. The molecule has 22 heavy (non-hydrogen) atoms. The standard InChI is InChI=1S/C18H25NO3/c1-17(2,3)22-16(21)19-14-10-6-5-9-13(14)18(15(19)20)11-7-4-8-12-18/h5-6,9-10,15,20H,4,7-8,11-12H2,1-3H3. The van der Waals surface area contributed by atoms with Crippen molar-refractivity contribution in [1.82, 2.24) is 0 Å². The monoisotopic (exact) mass is 303 g/mol. The number of benzene rings is 1. The fourth-order valence-corrected chi connectivity index (χ4v) is 3.84. The minimum absolute atomic E-state index is 0.328. The van der Waals surface area contributed by atoms with Crippen LogP contribution in [-0.2, 0) is 10.2 Å². The van der Waals surface area contributed by atoms with Gasteiger partial charge in [0.05, 0.1) is 5.69 Å². The lowest BCUT2D eigenvalue weighted by atomic mass is 9.69. The van der Waals surface area contributed by atoms with Crippen LogP contribution in [0.2, 0.25) is 0 Å². The summed E-state index contributed by atoms with van der Waals surface area (Å²) in [5, 5.41) is 11.0. The van der Waals surface area contributed by atoms with Gasteiger partial charge in [0.15, 0.2) is 0 Å². The van der Waals surface area contributed by atoms with Gasteiger partial charge in [-0.1, -0.05) is 37.5 Å². The Hall–Kier alpha value is -1.55. The van der Waals surface area contributed by atoms with Crippen LogP contribution >= 0.6 is 0 Å². The molecule has 1 atom stereocenters. The molecule has 1 fully saturated rings. The Bertz CT molecular complexity index is 570. The van der Waals surface area contributed by atoms with Gasteiger partial charge in [-0.2, -0.15) is 0 Å². The number of aliphatic hydroxyl groups excluding tert-OH is 1. The maximum atomic E-state index is 12.6. The summed E-state index contributed by atoms with van der Waals surface area (Å²) in [6, 6.07) is 7.85. The number of ether oxygens (including phenoxy) is 1. The van der Waals surface area contributed by atoms with E-state index in [1.807, 2.05) is 45.0 Å². The van der Waals surface area contributed by atoms with Crippen LogP contribution in [0, 0.1) is 0 Å². The van der Waals surface area contributed by atoms with Crippen molar-refractivity contribution in [2.75, 3.05) is 4.90 Å². The number of anilines is 1. The molecule has 1 unspecified atom stereocenters. The average molecular weight is 303 g/mol. The van der Waals surface area contributed by atoms with Crippen LogP contribution in [-0.4, -0.2) is 23.0 Å². The molecule has 1 N–H and O–H groups in total. The van der Waals surface area contributed by atoms with Crippen molar-refractivity contribution >= 4 is 11.8 Å². The normalized spacial score (nSPS) is 23.5. The van der Waals surface area contributed by atoms with E-state index < -0.39 is 17.9 Å². The summed E-state index contributed by atoms with van der Waals surface area (Å²) < 4.78 is 5.51. The zero-order valence-corrected chi connectivity index (χ0v) is 13.6. The molecule has 4 nitrogen and oxygen atoms in total. The van der Waals surface area contributed by atoms with E-state index in [2.05, 4.69) is 0 Å². The van der Waals surface area contributed by atoms with Gasteiger partial charge in [-0.15, -0.1) is 0 Å². The molecular formula is C18H25NO3. The van der Waals surface area contributed by atoms with E-state index in [1.165, 1.54) is 11.3 Å². The van der Waals surface area contributed by atoms with E-state index in [0.717, 1.165) is 36.9 Å². The highest BCUT2D eigenvalue weighted by Gasteiger charge is 2.53. The summed E-state index contributed by atoms with van der Waals surface area (Å²) in [4.78, 5) is 14.1. The summed E-state index contributed by atoms with van der Waals surface area (Å²) in [7, 11) is 0. The van der Waals surface area contributed by atoms with Gasteiger partial charge in [0.2, 0.25) is 0 Å². The molecule has 1 heterocycles. The lowest BCUT2D eigenvalue weighted by Crippen LogP contribution is -2.49. The van der Waals surface area contributed by atoms with Crippen molar-refractivity contribution in [1.29, 1.82) is 0 Å². The molecule has 1 aliphatic carbocycles. The lowest BCUT2D eigenvalue weighted by molar-refractivity contribution is 0.0298. The number of nitrogens with zero attached hydrogens (tertiary/aromatic N) is 1. The highest BCUT2D eigenvalue weighted by Crippen LogP contribution is 2.52. The summed E-state index contributed by atoms with van der Waals surface area (Å²) >= 11 is 0. The van der Waals surface area contributed by atoms with Gasteiger partial charge in [0.25, 0.3) is 0 Å². The third-order valence-electron chi connectivity index (χ3n) is 4.77. The van der Waals surface area contributed by atoms with Crippen LogP contribution in [0.15, 0.2) is 24.3 Å². The fourth-order valence-electron chi connectivity index (χ4n) is 3.84. The minimum Gasteiger partial charge on any atom is -0.443 e. The quantitative estimate of drug-likeness (QED) is 0.789. The molecule has 1 amide bonds. The zero-order valence-electron chi connectivity index (χ0n) is 13.6. The number of hydrogen-bond acceptors (Lipinski definition) is 3. The van der Waals surface area contributed by atoms with Gasteiger partial charge < -0.3 is 9.84 Å². The Labute approximate surface area is 132 Å². The van der Waals surface area contributed by atoms with Crippen molar-refractivity contribution in [2.45, 2.75) is 70.1 Å². The van der Waals surface area contributed by atoms with Crippen LogP contribution in [0.25, 0.3) is 0 Å². The van der Waals surface area contributed by atoms with Gasteiger partial charge >= 0.3 is 6.09 Å². The first-order chi connectivity index (χ1) is 10.4. The van der Waals surface area contributed by atoms with Gasteiger partial charge in [-0.3, -0.25) is 4.90 Å². The Morgan fingerprint density at radius 3 is 2.50 bits per heavy atom. The lowest BCUT2D eigenvalue weighted by Gasteiger charge is -2.38. The first kappa shape index (κ1) is 15.3. The van der Waals surface area contributed by atoms with Crippen LogP contribution in [0.1, 0.15) is 58.4 Å². The third kappa shape index (κ3) is 2.39. The largest absolute Gasteiger partial charge is 0.443 e. The zero-order chi connectivity index (χ0) is 16.0. The number of carbonyl (C=O) groups excluding carboxylic acids is 1. The minimum atomic E-state index is -0.833. The first-order valence-electron chi connectivity index (χ1n) is 8.15. The Kier molecular flexibility index (Phi) is 3.68. The fraction of sp³-hybridized carbons (Fsp3) is 0.611. The highest BCUT2D eigenvalue weighted by molar-refractivity contribution is 5.92. The van der Waals surface area contributed by atoms with Crippen LogP contribution in [0.3, 0.4) is 0 Å². The van der Waals surface area contributed by atoms with E-state index in [0.29, 0.717) is 0 Å². The van der Waals surface area contributed by atoms with E-state index in [4.69, 9.17) is 4.74 Å². The second kappa shape index (κ2) is 5.27. The van der Waals surface area contributed by atoms with Gasteiger partial charge in [0, 0.05) is 5.41 Å². The summed E-state index contributed by atoms with van der Waals surface area (Å²) in [6.45, 7) is 5.53. The third-order valence-corrected chi connectivity index (χ3v) is 4.77. The smallest absolute Gasteiger partial charge is 0.416 e. The molecule has 0 aromatic heterocycles. The SMILES string of the molecule is CC(C)(C)OC(=O)N1c2ccccc2C2(CCCCC2)C1O. The number of aliphatic hydroxyl groups is 1. The number of carbonyl (C=O) groups is 1. The van der Waals surface area contributed by atoms with E-state index >= 15 is 0 Å².